The molecule has 1 fully saturated rings. The standard InChI is InChI=1S/C14H20FN/c1-2-14(7-8-14)9-10-16-11-12-3-5-13(15)6-4-12/h3-6,16H,2,7-11H2,1H3. The fourth-order valence-corrected chi connectivity index (χ4v) is 2.15. The summed E-state index contributed by atoms with van der Waals surface area (Å²) in [6.07, 6.45) is 5.40. The first-order valence-electron chi connectivity index (χ1n) is 6.19. The molecule has 88 valence electrons. The Balaban J connectivity index is 1.66. The van der Waals surface area contributed by atoms with Crippen molar-refractivity contribution < 1.29 is 4.39 Å². The fourth-order valence-electron chi connectivity index (χ4n) is 2.15. The van der Waals surface area contributed by atoms with Crippen LogP contribution < -0.4 is 5.32 Å². The normalized spacial score (nSPS) is 17.4. The second-order valence-electron chi connectivity index (χ2n) is 4.91. The van der Waals surface area contributed by atoms with Crippen molar-refractivity contribution in [2.45, 2.75) is 39.2 Å². The summed E-state index contributed by atoms with van der Waals surface area (Å²) in [7, 11) is 0. The van der Waals surface area contributed by atoms with Crippen molar-refractivity contribution in [2.24, 2.45) is 5.41 Å². The van der Waals surface area contributed by atoms with E-state index in [4.69, 9.17) is 0 Å². The van der Waals surface area contributed by atoms with E-state index in [0.29, 0.717) is 5.41 Å². The molecule has 0 spiro atoms. The van der Waals surface area contributed by atoms with Gasteiger partial charge in [-0.05, 0) is 48.9 Å². The zero-order chi connectivity index (χ0) is 11.4. The number of benzene rings is 1. The van der Waals surface area contributed by atoms with Gasteiger partial charge in [0.15, 0.2) is 0 Å². The van der Waals surface area contributed by atoms with E-state index in [1.54, 1.807) is 0 Å². The molecule has 0 radical (unpaired) electrons. The van der Waals surface area contributed by atoms with Crippen molar-refractivity contribution in [3.05, 3.63) is 35.6 Å². The molecular weight excluding hydrogens is 201 g/mol. The van der Waals surface area contributed by atoms with E-state index in [1.165, 1.54) is 37.8 Å². The fraction of sp³-hybridized carbons (Fsp3) is 0.571. The molecule has 1 saturated carbocycles. The molecule has 1 nitrogen and oxygen atoms in total. The van der Waals surface area contributed by atoms with Gasteiger partial charge in [0.1, 0.15) is 5.82 Å². The van der Waals surface area contributed by atoms with Crippen molar-refractivity contribution in [3.63, 3.8) is 0 Å². The molecular formula is C14H20FN. The van der Waals surface area contributed by atoms with Crippen LogP contribution in [0.2, 0.25) is 0 Å². The minimum Gasteiger partial charge on any atom is -0.313 e. The molecule has 0 bridgehead atoms. The zero-order valence-corrected chi connectivity index (χ0v) is 9.93. The lowest BCUT2D eigenvalue weighted by Gasteiger charge is -2.12. The Labute approximate surface area is 97.1 Å². The Hall–Kier alpha value is -0.890. The van der Waals surface area contributed by atoms with Gasteiger partial charge in [-0.15, -0.1) is 0 Å². The van der Waals surface area contributed by atoms with Gasteiger partial charge in [-0.25, -0.2) is 4.39 Å². The van der Waals surface area contributed by atoms with Crippen LogP contribution in [0.15, 0.2) is 24.3 Å². The lowest BCUT2D eigenvalue weighted by Crippen LogP contribution is -2.18. The molecule has 1 aliphatic carbocycles. The Morgan fingerprint density at radius 1 is 1.25 bits per heavy atom. The van der Waals surface area contributed by atoms with Crippen LogP contribution in [-0.2, 0) is 6.54 Å². The van der Waals surface area contributed by atoms with Gasteiger partial charge in [-0.3, -0.25) is 0 Å². The van der Waals surface area contributed by atoms with Crippen molar-refractivity contribution in [1.82, 2.24) is 5.32 Å². The minimum atomic E-state index is -0.160. The average molecular weight is 221 g/mol. The number of halogens is 1. The summed E-state index contributed by atoms with van der Waals surface area (Å²) in [6, 6.07) is 6.72. The Kier molecular flexibility index (Phi) is 3.59. The highest BCUT2D eigenvalue weighted by atomic mass is 19.1. The topological polar surface area (TPSA) is 12.0 Å². The molecule has 0 unspecified atom stereocenters. The molecule has 0 aliphatic heterocycles. The largest absolute Gasteiger partial charge is 0.313 e. The quantitative estimate of drug-likeness (QED) is 0.725. The molecule has 2 rings (SSSR count). The van der Waals surface area contributed by atoms with Gasteiger partial charge in [0, 0.05) is 6.54 Å². The van der Waals surface area contributed by atoms with Crippen LogP contribution in [0.1, 0.15) is 38.2 Å². The summed E-state index contributed by atoms with van der Waals surface area (Å²) < 4.78 is 12.7. The maximum absolute atomic E-state index is 12.7. The highest BCUT2D eigenvalue weighted by molar-refractivity contribution is 5.15. The van der Waals surface area contributed by atoms with E-state index < -0.39 is 0 Å². The predicted molar refractivity (Wildman–Crippen MR) is 64.7 cm³/mol. The summed E-state index contributed by atoms with van der Waals surface area (Å²) in [4.78, 5) is 0. The third-order valence-corrected chi connectivity index (χ3v) is 3.78. The first-order valence-corrected chi connectivity index (χ1v) is 6.19. The van der Waals surface area contributed by atoms with Gasteiger partial charge >= 0.3 is 0 Å². The van der Waals surface area contributed by atoms with Gasteiger partial charge in [0.05, 0.1) is 0 Å². The molecule has 0 amide bonds. The smallest absolute Gasteiger partial charge is 0.123 e. The molecule has 2 heteroatoms. The van der Waals surface area contributed by atoms with E-state index >= 15 is 0 Å². The van der Waals surface area contributed by atoms with Gasteiger partial charge in [0.25, 0.3) is 0 Å². The van der Waals surface area contributed by atoms with Crippen LogP contribution in [0, 0.1) is 11.2 Å². The third kappa shape index (κ3) is 3.05. The van der Waals surface area contributed by atoms with E-state index in [2.05, 4.69) is 12.2 Å². The molecule has 1 aliphatic rings. The highest BCUT2D eigenvalue weighted by Gasteiger charge is 2.39. The predicted octanol–water partition coefficient (Wildman–Crippen LogP) is 3.50. The summed E-state index contributed by atoms with van der Waals surface area (Å²) >= 11 is 0. The second-order valence-corrected chi connectivity index (χ2v) is 4.91. The number of hydrogen-bond donors (Lipinski definition) is 1. The van der Waals surface area contributed by atoms with Crippen LogP contribution in [0.5, 0.6) is 0 Å². The van der Waals surface area contributed by atoms with Crippen LogP contribution in [0.25, 0.3) is 0 Å². The number of nitrogens with one attached hydrogen (secondary N) is 1. The van der Waals surface area contributed by atoms with Gasteiger partial charge in [-0.1, -0.05) is 25.5 Å². The maximum atomic E-state index is 12.7. The van der Waals surface area contributed by atoms with Gasteiger partial charge in [0.2, 0.25) is 0 Å². The van der Waals surface area contributed by atoms with E-state index in [9.17, 15) is 4.39 Å². The summed E-state index contributed by atoms with van der Waals surface area (Å²) in [6.45, 7) is 4.21. The zero-order valence-electron chi connectivity index (χ0n) is 9.93. The number of hydrogen-bond acceptors (Lipinski definition) is 1. The van der Waals surface area contributed by atoms with E-state index in [-0.39, 0.29) is 5.82 Å². The Morgan fingerprint density at radius 3 is 2.50 bits per heavy atom. The molecule has 0 heterocycles. The lowest BCUT2D eigenvalue weighted by atomic mass is 9.99. The minimum absolute atomic E-state index is 0.160. The van der Waals surface area contributed by atoms with Crippen LogP contribution in [0.3, 0.4) is 0 Å². The van der Waals surface area contributed by atoms with Crippen LogP contribution >= 0.6 is 0 Å². The summed E-state index contributed by atoms with van der Waals surface area (Å²) in [5.41, 5.74) is 1.82. The third-order valence-electron chi connectivity index (χ3n) is 3.78. The van der Waals surface area contributed by atoms with Crippen molar-refractivity contribution in [2.75, 3.05) is 6.54 Å². The second kappa shape index (κ2) is 4.96. The van der Waals surface area contributed by atoms with Crippen LogP contribution in [0.4, 0.5) is 4.39 Å². The molecule has 0 atom stereocenters. The maximum Gasteiger partial charge on any atom is 0.123 e. The van der Waals surface area contributed by atoms with Crippen molar-refractivity contribution in [3.8, 4) is 0 Å². The summed E-state index contributed by atoms with van der Waals surface area (Å²) in [5.74, 6) is -0.160. The SMILES string of the molecule is CCC1(CCNCc2ccc(F)cc2)CC1. The monoisotopic (exact) mass is 221 g/mol. The van der Waals surface area contributed by atoms with E-state index in [1.807, 2.05) is 12.1 Å². The highest BCUT2D eigenvalue weighted by Crippen LogP contribution is 2.51. The molecule has 1 aromatic carbocycles. The first kappa shape index (κ1) is 11.6. The molecule has 0 aromatic heterocycles. The molecule has 1 N–H and O–H groups in total. The molecule has 1 aromatic rings. The van der Waals surface area contributed by atoms with Gasteiger partial charge < -0.3 is 5.32 Å². The van der Waals surface area contributed by atoms with Gasteiger partial charge in [-0.2, -0.15) is 0 Å². The van der Waals surface area contributed by atoms with Crippen molar-refractivity contribution in [1.29, 1.82) is 0 Å². The van der Waals surface area contributed by atoms with Crippen molar-refractivity contribution >= 4 is 0 Å². The Morgan fingerprint density at radius 2 is 1.94 bits per heavy atom. The molecule has 0 saturated heterocycles. The Bertz CT molecular complexity index is 327. The van der Waals surface area contributed by atoms with E-state index in [0.717, 1.165) is 18.7 Å². The number of rotatable bonds is 6. The van der Waals surface area contributed by atoms with Crippen LogP contribution in [-0.4, -0.2) is 6.54 Å². The molecule has 16 heavy (non-hydrogen) atoms. The lowest BCUT2D eigenvalue weighted by molar-refractivity contribution is 0.431. The summed E-state index contributed by atoms with van der Waals surface area (Å²) in [5, 5.41) is 3.43. The first-order chi connectivity index (χ1) is 7.74. The average Bonchev–Trinajstić information content (AvgIpc) is 3.08.